The molecule has 0 bridgehead atoms. The van der Waals surface area contributed by atoms with Crippen LogP contribution in [0.15, 0.2) is 22.7 Å². The summed E-state index contributed by atoms with van der Waals surface area (Å²) in [6, 6.07) is 4.40. The highest BCUT2D eigenvalue weighted by atomic mass is 79.9. The lowest BCUT2D eigenvalue weighted by atomic mass is 10.1. The third-order valence-electron chi connectivity index (χ3n) is 2.68. The molecule has 1 amide bonds. The molecule has 1 rings (SSSR count). The molecule has 0 spiro atoms. The maximum atomic E-state index is 13.2. The van der Waals surface area contributed by atoms with E-state index in [4.69, 9.17) is 0 Å². The monoisotopic (exact) mass is 315 g/mol. The van der Waals surface area contributed by atoms with Gasteiger partial charge in [-0.1, -0.05) is 26.7 Å². The van der Waals surface area contributed by atoms with Gasteiger partial charge in [0.2, 0.25) is 0 Å². The molecule has 1 aromatic carbocycles. The highest BCUT2D eigenvalue weighted by molar-refractivity contribution is 9.10. The Labute approximate surface area is 116 Å². The quantitative estimate of drug-likeness (QED) is 0.785. The van der Waals surface area contributed by atoms with Gasteiger partial charge in [0.25, 0.3) is 5.91 Å². The Morgan fingerprint density at radius 2 is 2.11 bits per heavy atom. The molecule has 0 heterocycles. The van der Waals surface area contributed by atoms with E-state index in [0.717, 1.165) is 12.8 Å². The van der Waals surface area contributed by atoms with Crippen molar-refractivity contribution < 1.29 is 9.18 Å². The van der Waals surface area contributed by atoms with Crippen molar-refractivity contribution in [2.45, 2.75) is 33.1 Å². The number of unbranched alkanes of at least 4 members (excludes halogenated alkanes) is 1. The number of benzene rings is 1. The summed E-state index contributed by atoms with van der Waals surface area (Å²) in [4.78, 5) is 11.7. The minimum atomic E-state index is -0.414. The number of nitrogens with one attached hydrogen (secondary N) is 1. The van der Waals surface area contributed by atoms with E-state index in [9.17, 15) is 9.18 Å². The van der Waals surface area contributed by atoms with E-state index in [1.54, 1.807) is 12.1 Å². The average Bonchev–Trinajstić information content (AvgIpc) is 2.31. The number of halogens is 2. The lowest BCUT2D eigenvalue weighted by Gasteiger charge is -2.07. The van der Waals surface area contributed by atoms with Gasteiger partial charge in [-0.05, 0) is 46.5 Å². The van der Waals surface area contributed by atoms with Crippen LogP contribution in [-0.4, -0.2) is 12.5 Å². The second-order valence-corrected chi connectivity index (χ2v) is 5.63. The summed E-state index contributed by atoms with van der Waals surface area (Å²) in [5.41, 5.74) is 0.361. The van der Waals surface area contributed by atoms with Gasteiger partial charge in [-0.25, -0.2) is 4.39 Å². The van der Waals surface area contributed by atoms with Crippen molar-refractivity contribution in [2.24, 2.45) is 5.92 Å². The molecule has 2 nitrogen and oxygen atoms in total. The van der Waals surface area contributed by atoms with Gasteiger partial charge in [-0.3, -0.25) is 4.79 Å². The minimum absolute atomic E-state index is 0.217. The first-order valence-electron chi connectivity index (χ1n) is 6.24. The fraction of sp³-hybridized carbons (Fsp3) is 0.500. The normalized spacial score (nSPS) is 10.7. The van der Waals surface area contributed by atoms with Crippen molar-refractivity contribution >= 4 is 21.8 Å². The van der Waals surface area contributed by atoms with Crippen molar-refractivity contribution in [2.75, 3.05) is 6.54 Å². The maximum Gasteiger partial charge on any atom is 0.251 e. The van der Waals surface area contributed by atoms with Crippen molar-refractivity contribution in [3.63, 3.8) is 0 Å². The minimum Gasteiger partial charge on any atom is -0.352 e. The van der Waals surface area contributed by atoms with Crippen LogP contribution in [0.3, 0.4) is 0 Å². The molecule has 100 valence electrons. The highest BCUT2D eigenvalue weighted by Gasteiger charge is 2.07. The van der Waals surface area contributed by atoms with Crippen molar-refractivity contribution in [1.29, 1.82) is 0 Å². The fourth-order valence-corrected chi connectivity index (χ4v) is 1.87. The second-order valence-electron chi connectivity index (χ2n) is 4.77. The number of carbonyl (C=O) groups is 1. The average molecular weight is 316 g/mol. The van der Waals surface area contributed by atoms with E-state index < -0.39 is 5.82 Å². The number of amides is 1. The summed E-state index contributed by atoms with van der Waals surface area (Å²) in [5, 5.41) is 2.80. The van der Waals surface area contributed by atoms with Crippen LogP contribution in [0.25, 0.3) is 0 Å². The molecule has 1 N–H and O–H groups in total. The molecule has 0 aromatic heterocycles. The lowest BCUT2D eigenvalue weighted by molar-refractivity contribution is 0.0952. The molecule has 18 heavy (non-hydrogen) atoms. The Morgan fingerprint density at radius 3 is 2.72 bits per heavy atom. The zero-order chi connectivity index (χ0) is 13.5. The summed E-state index contributed by atoms with van der Waals surface area (Å²) >= 11 is 3.06. The Balaban J connectivity index is 2.34. The standard InChI is InChI=1S/C14H19BrFNO/c1-10(2)5-3-4-8-17-14(18)11-6-7-12(15)13(16)9-11/h6-7,9-10H,3-5,8H2,1-2H3,(H,17,18). The summed E-state index contributed by atoms with van der Waals surface area (Å²) in [7, 11) is 0. The summed E-state index contributed by atoms with van der Waals surface area (Å²) in [6.07, 6.45) is 3.23. The van der Waals surface area contributed by atoms with Crippen LogP contribution in [0.5, 0.6) is 0 Å². The van der Waals surface area contributed by atoms with Gasteiger partial charge in [0.15, 0.2) is 0 Å². The van der Waals surface area contributed by atoms with Crippen LogP contribution in [0.2, 0.25) is 0 Å². The van der Waals surface area contributed by atoms with Crippen LogP contribution in [0.4, 0.5) is 4.39 Å². The van der Waals surface area contributed by atoms with Gasteiger partial charge in [0.05, 0.1) is 4.47 Å². The second kappa shape index (κ2) is 7.52. The highest BCUT2D eigenvalue weighted by Crippen LogP contribution is 2.16. The Kier molecular flexibility index (Phi) is 6.33. The van der Waals surface area contributed by atoms with Crippen LogP contribution >= 0.6 is 15.9 Å². The molecule has 0 radical (unpaired) electrons. The molecular weight excluding hydrogens is 297 g/mol. The fourth-order valence-electron chi connectivity index (χ4n) is 1.62. The van der Waals surface area contributed by atoms with Crippen molar-refractivity contribution in [3.05, 3.63) is 34.1 Å². The molecule has 0 saturated heterocycles. The molecule has 0 saturated carbocycles. The van der Waals surface area contributed by atoms with Crippen molar-refractivity contribution in [1.82, 2.24) is 5.32 Å². The number of rotatable bonds is 6. The molecule has 0 aliphatic rings. The molecule has 0 aliphatic heterocycles. The Morgan fingerprint density at radius 1 is 1.39 bits per heavy atom. The van der Waals surface area contributed by atoms with Crippen molar-refractivity contribution in [3.8, 4) is 0 Å². The molecule has 4 heteroatoms. The van der Waals surface area contributed by atoms with E-state index in [1.807, 2.05) is 0 Å². The first kappa shape index (κ1) is 15.2. The summed E-state index contributed by atoms with van der Waals surface area (Å²) < 4.78 is 13.6. The van der Waals surface area contributed by atoms with Crippen LogP contribution in [0, 0.1) is 11.7 Å². The van der Waals surface area contributed by atoms with Gasteiger partial charge in [0.1, 0.15) is 5.82 Å². The molecule has 0 atom stereocenters. The topological polar surface area (TPSA) is 29.1 Å². The number of carbonyl (C=O) groups excluding carboxylic acids is 1. The van der Waals surface area contributed by atoms with Gasteiger partial charge in [-0.15, -0.1) is 0 Å². The smallest absolute Gasteiger partial charge is 0.251 e. The van der Waals surface area contributed by atoms with Crippen LogP contribution < -0.4 is 5.32 Å². The third-order valence-corrected chi connectivity index (χ3v) is 3.32. The van der Waals surface area contributed by atoms with Crippen LogP contribution in [-0.2, 0) is 0 Å². The number of hydrogen-bond donors (Lipinski definition) is 1. The van der Waals surface area contributed by atoms with E-state index in [-0.39, 0.29) is 5.91 Å². The zero-order valence-corrected chi connectivity index (χ0v) is 12.4. The maximum absolute atomic E-state index is 13.2. The molecule has 0 unspecified atom stereocenters. The molecule has 1 aromatic rings. The van der Waals surface area contributed by atoms with E-state index >= 15 is 0 Å². The van der Waals surface area contributed by atoms with Gasteiger partial charge in [-0.2, -0.15) is 0 Å². The first-order valence-corrected chi connectivity index (χ1v) is 7.03. The van der Waals surface area contributed by atoms with Gasteiger partial charge >= 0.3 is 0 Å². The zero-order valence-electron chi connectivity index (χ0n) is 10.8. The predicted molar refractivity (Wildman–Crippen MR) is 75.1 cm³/mol. The van der Waals surface area contributed by atoms with Crippen LogP contribution in [0.1, 0.15) is 43.5 Å². The van der Waals surface area contributed by atoms with Gasteiger partial charge in [0, 0.05) is 12.1 Å². The number of hydrogen-bond acceptors (Lipinski definition) is 1. The molecule has 0 fully saturated rings. The lowest BCUT2D eigenvalue weighted by Crippen LogP contribution is -2.24. The summed E-state index contributed by atoms with van der Waals surface area (Å²) in [5.74, 6) is 0.0645. The Bertz CT molecular complexity index is 407. The third kappa shape index (κ3) is 5.17. The van der Waals surface area contributed by atoms with E-state index in [2.05, 4.69) is 35.1 Å². The van der Waals surface area contributed by atoms with Gasteiger partial charge < -0.3 is 5.32 Å². The molecule has 0 aliphatic carbocycles. The Hall–Kier alpha value is -0.900. The molecular formula is C14H19BrFNO. The van der Waals surface area contributed by atoms with E-state index in [1.165, 1.54) is 12.5 Å². The first-order chi connectivity index (χ1) is 8.50. The summed E-state index contributed by atoms with van der Waals surface area (Å²) in [6.45, 7) is 5.01. The van der Waals surface area contributed by atoms with E-state index in [0.29, 0.717) is 22.5 Å². The SMILES string of the molecule is CC(C)CCCCNC(=O)c1ccc(Br)c(F)c1. The predicted octanol–water partition coefficient (Wildman–Crippen LogP) is 4.14. The largest absolute Gasteiger partial charge is 0.352 e.